The average Bonchev–Trinajstić information content (AvgIpc) is 2.56. The minimum atomic E-state index is -0.776. The molecule has 0 heterocycles. The van der Waals surface area contributed by atoms with E-state index in [9.17, 15) is 9.59 Å². The highest BCUT2D eigenvalue weighted by Crippen LogP contribution is 2.05. The largest absolute Gasteiger partial charge is 0.386 e. The molecule has 0 aromatic heterocycles. The van der Waals surface area contributed by atoms with Crippen LogP contribution in [0.15, 0.2) is 29.3 Å². The van der Waals surface area contributed by atoms with Crippen molar-refractivity contribution < 1.29 is 9.59 Å². The van der Waals surface area contributed by atoms with Crippen molar-refractivity contribution in [2.75, 3.05) is 12.4 Å². The Morgan fingerprint density at radius 2 is 1.96 bits per heavy atom. The molecule has 0 aliphatic carbocycles. The Labute approximate surface area is 140 Å². The summed E-state index contributed by atoms with van der Waals surface area (Å²) in [6.07, 6.45) is 6.16. The molecular formula is C16H19ClN4O2. The molecule has 1 aromatic rings. The summed E-state index contributed by atoms with van der Waals surface area (Å²) in [4.78, 5) is 27.6. The Hall–Kier alpha value is -2.52. The van der Waals surface area contributed by atoms with E-state index in [0.29, 0.717) is 36.3 Å². The number of nitrogens with two attached hydrogens (primary N) is 2. The van der Waals surface area contributed by atoms with Gasteiger partial charge in [-0.3, -0.25) is 14.6 Å². The molecule has 0 saturated heterocycles. The summed E-state index contributed by atoms with van der Waals surface area (Å²) < 4.78 is 0. The number of nitrogens with one attached hydrogen (secondary N) is 1. The van der Waals surface area contributed by atoms with Crippen LogP contribution in [0.3, 0.4) is 0 Å². The SMILES string of the molecule is C#Cc1ccc(C(=O)NC(CCCN=C(N)CCl)C(N)=O)cc1. The van der Waals surface area contributed by atoms with Crippen molar-refractivity contribution in [2.45, 2.75) is 18.9 Å². The lowest BCUT2D eigenvalue weighted by Crippen LogP contribution is -2.44. The van der Waals surface area contributed by atoms with E-state index in [-0.39, 0.29) is 11.8 Å². The van der Waals surface area contributed by atoms with Crippen molar-refractivity contribution in [3.05, 3.63) is 35.4 Å². The van der Waals surface area contributed by atoms with E-state index in [4.69, 9.17) is 29.5 Å². The van der Waals surface area contributed by atoms with Crippen molar-refractivity contribution in [3.63, 3.8) is 0 Å². The standard InChI is InChI=1S/C16H19ClN4O2/c1-2-11-5-7-12(8-6-11)16(23)21-13(15(19)22)4-3-9-20-14(18)10-17/h1,5-8,13H,3-4,9-10H2,(H2,18,20)(H2,19,22)(H,21,23). The number of carbonyl (C=O) groups is 2. The Morgan fingerprint density at radius 1 is 1.30 bits per heavy atom. The molecule has 0 aliphatic heterocycles. The maximum Gasteiger partial charge on any atom is 0.251 e. The van der Waals surface area contributed by atoms with Gasteiger partial charge in [0, 0.05) is 17.7 Å². The second-order valence-corrected chi connectivity index (χ2v) is 5.07. The van der Waals surface area contributed by atoms with Crippen molar-refractivity contribution in [1.82, 2.24) is 5.32 Å². The maximum absolute atomic E-state index is 12.1. The van der Waals surface area contributed by atoms with Gasteiger partial charge in [-0.2, -0.15) is 0 Å². The number of halogens is 1. The van der Waals surface area contributed by atoms with Gasteiger partial charge >= 0.3 is 0 Å². The Morgan fingerprint density at radius 3 is 2.48 bits per heavy atom. The molecular weight excluding hydrogens is 316 g/mol. The molecule has 0 bridgehead atoms. The highest BCUT2D eigenvalue weighted by Gasteiger charge is 2.18. The topological polar surface area (TPSA) is 111 Å². The molecule has 0 radical (unpaired) electrons. The first kappa shape index (κ1) is 18.5. The molecule has 0 saturated carbocycles. The number of nitrogens with zero attached hydrogens (tertiary/aromatic N) is 1. The van der Waals surface area contributed by atoms with E-state index in [1.54, 1.807) is 24.3 Å². The van der Waals surface area contributed by atoms with Gasteiger partial charge in [0.05, 0.1) is 5.88 Å². The zero-order chi connectivity index (χ0) is 17.2. The number of hydrogen-bond donors (Lipinski definition) is 3. The van der Waals surface area contributed by atoms with Crippen LogP contribution >= 0.6 is 11.6 Å². The normalized spacial score (nSPS) is 12.3. The highest BCUT2D eigenvalue weighted by molar-refractivity contribution is 6.27. The third-order valence-corrected chi connectivity index (χ3v) is 3.34. The van der Waals surface area contributed by atoms with Crippen LogP contribution in [0.4, 0.5) is 0 Å². The number of primary amides is 1. The summed E-state index contributed by atoms with van der Waals surface area (Å²) in [7, 11) is 0. The number of carbonyl (C=O) groups excluding carboxylic acids is 2. The molecule has 1 rings (SSSR count). The zero-order valence-electron chi connectivity index (χ0n) is 12.6. The summed E-state index contributed by atoms with van der Waals surface area (Å²) >= 11 is 5.50. The number of hydrogen-bond acceptors (Lipinski definition) is 3. The molecule has 7 heteroatoms. The number of aliphatic imine (C=N–C) groups is 1. The molecule has 6 nitrogen and oxygen atoms in total. The Bertz CT molecular complexity index is 620. The van der Waals surface area contributed by atoms with Gasteiger partial charge in [0.15, 0.2) is 0 Å². The van der Waals surface area contributed by atoms with Gasteiger partial charge in [-0.25, -0.2) is 0 Å². The second kappa shape index (κ2) is 9.49. The maximum atomic E-state index is 12.1. The molecule has 1 unspecified atom stereocenters. The van der Waals surface area contributed by atoms with Crippen LogP contribution in [0, 0.1) is 12.3 Å². The van der Waals surface area contributed by atoms with E-state index < -0.39 is 11.9 Å². The number of benzene rings is 1. The van der Waals surface area contributed by atoms with E-state index in [0.717, 1.165) is 0 Å². The molecule has 1 atom stereocenters. The molecule has 1 aromatic carbocycles. The number of terminal acetylenes is 1. The van der Waals surface area contributed by atoms with E-state index in [1.807, 2.05) is 0 Å². The lowest BCUT2D eigenvalue weighted by atomic mass is 10.1. The summed E-state index contributed by atoms with van der Waals surface area (Å²) in [6, 6.07) is 5.71. The molecule has 0 fully saturated rings. The third-order valence-electron chi connectivity index (χ3n) is 3.07. The van der Waals surface area contributed by atoms with Gasteiger partial charge in [0.25, 0.3) is 5.91 Å². The zero-order valence-corrected chi connectivity index (χ0v) is 13.3. The van der Waals surface area contributed by atoms with Crippen LogP contribution in [0.2, 0.25) is 0 Å². The number of amides is 2. The lowest BCUT2D eigenvalue weighted by molar-refractivity contribution is -0.120. The van der Waals surface area contributed by atoms with Crippen molar-refractivity contribution in [1.29, 1.82) is 0 Å². The van der Waals surface area contributed by atoms with Crippen LogP contribution in [0.1, 0.15) is 28.8 Å². The quantitative estimate of drug-likeness (QED) is 0.213. The van der Waals surface area contributed by atoms with Crippen LogP contribution in [-0.4, -0.2) is 36.1 Å². The number of amidine groups is 1. The van der Waals surface area contributed by atoms with Crippen molar-refractivity contribution in [2.24, 2.45) is 16.5 Å². The smallest absolute Gasteiger partial charge is 0.251 e. The number of alkyl halides is 1. The Balaban J connectivity index is 2.59. The second-order valence-electron chi connectivity index (χ2n) is 4.80. The van der Waals surface area contributed by atoms with Gasteiger partial charge < -0.3 is 16.8 Å². The molecule has 122 valence electrons. The van der Waals surface area contributed by atoms with Gasteiger partial charge in [-0.05, 0) is 37.1 Å². The lowest BCUT2D eigenvalue weighted by Gasteiger charge is -2.15. The summed E-state index contributed by atoms with van der Waals surface area (Å²) in [5.41, 5.74) is 11.9. The third kappa shape index (κ3) is 6.41. The first-order valence-corrected chi connectivity index (χ1v) is 7.53. The van der Waals surface area contributed by atoms with Gasteiger partial charge in [0.2, 0.25) is 5.91 Å². The summed E-state index contributed by atoms with van der Waals surface area (Å²) in [6.45, 7) is 0.412. The van der Waals surface area contributed by atoms with E-state index >= 15 is 0 Å². The first-order valence-electron chi connectivity index (χ1n) is 6.99. The minimum Gasteiger partial charge on any atom is -0.386 e. The van der Waals surface area contributed by atoms with E-state index in [1.165, 1.54) is 0 Å². The minimum absolute atomic E-state index is 0.156. The fourth-order valence-corrected chi connectivity index (χ4v) is 1.89. The summed E-state index contributed by atoms with van der Waals surface area (Å²) in [5.74, 6) is 1.96. The fourth-order valence-electron chi connectivity index (χ4n) is 1.81. The summed E-state index contributed by atoms with van der Waals surface area (Å²) in [5, 5.41) is 2.60. The van der Waals surface area contributed by atoms with Crippen molar-refractivity contribution in [3.8, 4) is 12.3 Å². The number of rotatable bonds is 8. The Kier molecular flexibility index (Phi) is 7.64. The molecule has 2 amide bonds. The first-order chi connectivity index (χ1) is 11.0. The predicted octanol–water partition coefficient (Wildman–Crippen LogP) is 0.628. The van der Waals surface area contributed by atoms with Crippen molar-refractivity contribution >= 4 is 29.3 Å². The van der Waals surface area contributed by atoms with Crippen LogP contribution < -0.4 is 16.8 Å². The fraction of sp³-hybridized carbons (Fsp3) is 0.312. The molecule has 0 spiro atoms. The highest BCUT2D eigenvalue weighted by atomic mass is 35.5. The van der Waals surface area contributed by atoms with E-state index in [2.05, 4.69) is 16.2 Å². The van der Waals surface area contributed by atoms with Gasteiger partial charge in [0.1, 0.15) is 11.9 Å². The molecule has 0 aliphatic rings. The van der Waals surface area contributed by atoms with Crippen LogP contribution in [0.5, 0.6) is 0 Å². The monoisotopic (exact) mass is 334 g/mol. The van der Waals surface area contributed by atoms with Gasteiger partial charge in [-0.1, -0.05) is 5.92 Å². The predicted molar refractivity (Wildman–Crippen MR) is 91.3 cm³/mol. The van der Waals surface area contributed by atoms with Crippen LogP contribution in [0.25, 0.3) is 0 Å². The molecule has 5 N–H and O–H groups in total. The molecule has 23 heavy (non-hydrogen) atoms. The van der Waals surface area contributed by atoms with Gasteiger partial charge in [-0.15, -0.1) is 18.0 Å². The van der Waals surface area contributed by atoms with Crippen LogP contribution in [-0.2, 0) is 4.79 Å². The average molecular weight is 335 g/mol.